The van der Waals surface area contributed by atoms with Crippen LogP contribution in [0.4, 0.5) is 0 Å². The Morgan fingerprint density at radius 2 is 1.60 bits per heavy atom. The van der Waals surface area contributed by atoms with E-state index < -0.39 is 15.4 Å². The summed E-state index contributed by atoms with van der Waals surface area (Å²) < 4.78 is 29.3. The Morgan fingerprint density at radius 1 is 1.20 bits per heavy atom. The van der Waals surface area contributed by atoms with Crippen LogP contribution in [0.5, 0.6) is 0 Å². The largest absolute Gasteiger partial charge is 1.00 e. The molecule has 0 amide bonds. The van der Waals surface area contributed by atoms with Crippen molar-refractivity contribution < 1.29 is 42.5 Å². The molecule has 0 heterocycles. The molecule has 0 radical (unpaired) electrons. The molecule has 0 aromatic rings. The topological polar surface area (TPSA) is 54.4 Å². The zero-order valence-corrected chi connectivity index (χ0v) is 8.89. The molecule has 3 nitrogen and oxygen atoms in total. The first-order valence-corrected chi connectivity index (χ1v) is 4.57. The van der Waals surface area contributed by atoms with Gasteiger partial charge in [0.1, 0.15) is 0 Å². The van der Waals surface area contributed by atoms with Crippen molar-refractivity contribution in [3.05, 3.63) is 0 Å². The van der Waals surface area contributed by atoms with E-state index in [9.17, 15) is 8.42 Å². The van der Waals surface area contributed by atoms with Gasteiger partial charge in [0.2, 0.25) is 0 Å². The van der Waals surface area contributed by atoms with Gasteiger partial charge in [0.15, 0.2) is 0 Å². The first kappa shape index (κ1) is 10.9. The third-order valence-corrected chi connectivity index (χ3v) is 3.04. The molecule has 0 aromatic heterocycles. The minimum atomic E-state index is -3.70. The molecule has 0 spiro atoms. The minimum absolute atomic E-state index is 0. The molecule has 1 aliphatic carbocycles. The molecule has 0 aliphatic heterocycles. The van der Waals surface area contributed by atoms with Gasteiger partial charge < -0.3 is 0 Å². The van der Waals surface area contributed by atoms with E-state index in [1.807, 2.05) is 0 Å². The van der Waals surface area contributed by atoms with Crippen LogP contribution in [0, 0.1) is 0 Å². The molecule has 1 fully saturated rings. The fraction of sp³-hybridized carbons (Fsp3) is 1.00. The third kappa shape index (κ3) is 2.88. The van der Waals surface area contributed by atoms with E-state index in [1.54, 1.807) is 0 Å². The molecule has 54 valence electrons. The van der Waals surface area contributed by atoms with Crippen LogP contribution >= 0.6 is 0 Å². The summed E-state index contributed by atoms with van der Waals surface area (Å²) in [6, 6.07) is 0. The fourth-order valence-corrected chi connectivity index (χ4v) is 2.12. The maximum atomic E-state index is 10.4. The van der Waals surface area contributed by atoms with Gasteiger partial charge in [-0.3, -0.25) is 4.55 Å². The van der Waals surface area contributed by atoms with Crippen molar-refractivity contribution in [2.45, 2.75) is 30.9 Å². The van der Waals surface area contributed by atoms with Crippen LogP contribution in [0.3, 0.4) is 0 Å². The van der Waals surface area contributed by atoms with Gasteiger partial charge in [-0.05, 0) is 12.8 Å². The molecular weight excluding hydrogens is 163 g/mol. The second-order valence-corrected chi connectivity index (χ2v) is 4.12. The Balaban J connectivity index is 0.000000810. The number of hydrogen-bond acceptors (Lipinski definition) is 2. The molecule has 1 aliphatic rings. The van der Waals surface area contributed by atoms with Crippen molar-refractivity contribution in [1.82, 2.24) is 0 Å². The predicted octanol–water partition coefficient (Wildman–Crippen LogP) is -2.18. The average molecular weight is 173 g/mol. The van der Waals surface area contributed by atoms with E-state index in [0.29, 0.717) is 12.8 Å². The number of rotatable bonds is 1. The zero-order chi connectivity index (χ0) is 6.91. The van der Waals surface area contributed by atoms with Gasteiger partial charge in [-0.1, -0.05) is 12.8 Å². The van der Waals surface area contributed by atoms with Crippen molar-refractivity contribution in [3.8, 4) is 0 Å². The summed E-state index contributed by atoms with van der Waals surface area (Å²) in [6.07, 6.45) is 3.15. The SMILES string of the molecule is O=S(=O)(O)C1CCCC1.[Na+]. The minimum Gasteiger partial charge on any atom is -0.285 e. The average Bonchev–Trinajstić information content (AvgIpc) is 2.08. The van der Waals surface area contributed by atoms with Gasteiger partial charge in [0, 0.05) is 0 Å². The summed E-state index contributed by atoms with van der Waals surface area (Å²) in [5.41, 5.74) is 0. The van der Waals surface area contributed by atoms with Crippen molar-refractivity contribution in [2.24, 2.45) is 0 Å². The standard InChI is InChI=1S/C5H10O3S.Na/c6-9(7,8)5-3-1-2-4-5;/h5H,1-4H2,(H,6,7,8);/q;+1. The molecule has 1 saturated carbocycles. The molecule has 0 saturated heterocycles. The molecular formula is C5H10NaO3S+. The van der Waals surface area contributed by atoms with Crippen molar-refractivity contribution >= 4 is 10.1 Å². The van der Waals surface area contributed by atoms with E-state index >= 15 is 0 Å². The van der Waals surface area contributed by atoms with E-state index in [-0.39, 0.29) is 29.6 Å². The summed E-state index contributed by atoms with van der Waals surface area (Å²) >= 11 is 0. The second-order valence-electron chi connectivity index (χ2n) is 2.42. The Bertz CT molecular complexity index is 181. The summed E-state index contributed by atoms with van der Waals surface area (Å²) in [5.74, 6) is 0. The molecule has 0 unspecified atom stereocenters. The third-order valence-electron chi connectivity index (χ3n) is 1.72. The molecule has 1 N–H and O–H groups in total. The second kappa shape index (κ2) is 4.07. The van der Waals surface area contributed by atoms with Gasteiger partial charge >= 0.3 is 29.6 Å². The fourth-order valence-electron chi connectivity index (χ4n) is 1.19. The summed E-state index contributed by atoms with van der Waals surface area (Å²) in [5, 5.41) is -0.461. The van der Waals surface area contributed by atoms with E-state index in [2.05, 4.69) is 0 Å². The molecule has 5 heteroatoms. The summed E-state index contributed by atoms with van der Waals surface area (Å²) in [4.78, 5) is 0. The Labute approximate surface area is 83.2 Å². The van der Waals surface area contributed by atoms with Crippen LogP contribution in [-0.4, -0.2) is 18.2 Å². The monoisotopic (exact) mass is 173 g/mol. The van der Waals surface area contributed by atoms with Crippen molar-refractivity contribution in [2.75, 3.05) is 0 Å². The summed E-state index contributed by atoms with van der Waals surface area (Å²) in [7, 11) is -3.70. The van der Waals surface area contributed by atoms with Crippen LogP contribution in [0.25, 0.3) is 0 Å². The predicted molar refractivity (Wildman–Crippen MR) is 33.8 cm³/mol. The quantitative estimate of drug-likeness (QED) is 0.362. The van der Waals surface area contributed by atoms with Crippen LogP contribution in [0.1, 0.15) is 25.7 Å². The van der Waals surface area contributed by atoms with Crippen molar-refractivity contribution in [1.29, 1.82) is 0 Å². The maximum Gasteiger partial charge on any atom is 1.00 e. The van der Waals surface area contributed by atoms with Crippen LogP contribution in [0.15, 0.2) is 0 Å². The normalized spacial score (nSPS) is 20.5. The van der Waals surface area contributed by atoms with E-state index in [0.717, 1.165) is 12.8 Å². The maximum absolute atomic E-state index is 10.4. The Morgan fingerprint density at radius 3 is 1.80 bits per heavy atom. The zero-order valence-electron chi connectivity index (χ0n) is 6.08. The summed E-state index contributed by atoms with van der Waals surface area (Å²) in [6.45, 7) is 0. The molecule has 0 atom stereocenters. The van der Waals surface area contributed by atoms with Crippen LogP contribution < -0.4 is 29.6 Å². The van der Waals surface area contributed by atoms with Gasteiger partial charge in [0.05, 0.1) is 5.25 Å². The van der Waals surface area contributed by atoms with Crippen LogP contribution in [-0.2, 0) is 10.1 Å². The van der Waals surface area contributed by atoms with E-state index in [4.69, 9.17) is 4.55 Å². The first-order valence-electron chi connectivity index (χ1n) is 3.07. The smallest absolute Gasteiger partial charge is 0.285 e. The molecule has 0 aromatic carbocycles. The van der Waals surface area contributed by atoms with Gasteiger partial charge in [-0.25, -0.2) is 0 Å². The number of hydrogen-bond donors (Lipinski definition) is 1. The van der Waals surface area contributed by atoms with Gasteiger partial charge in [-0.15, -0.1) is 0 Å². The molecule has 10 heavy (non-hydrogen) atoms. The molecule has 1 rings (SSSR count). The Hall–Kier alpha value is 0.910. The van der Waals surface area contributed by atoms with Gasteiger partial charge in [-0.2, -0.15) is 8.42 Å². The first-order chi connectivity index (χ1) is 4.11. The van der Waals surface area contributed by atoms with Crippen molar-refractivity contribution in [3.63, 3.8) is 0 Å². The van der Waals surface area contributed by atoms with Crippen LogP contribution in [0.2, 0.25) is 0 Å². The Kier molecular flexibility index (Phi) is 4.44. The van der Waals surface area contributed by atoms with Gasteiger partial charge in [0.25, 0.3) is 10.1 Å². The molecule has 0 bridgehead atoms. The van der Waals surface area contributed by atoms with E-state index in [1.165, 1.54) is 0 Å².